The number of benzene rings is 1. The summed E-state index contributed by atoms with van der Waals surface area (Å²) in [6.45, 7) is 6.14. The van der Waals surface area contributed by atoms with Crippen LogP contribution in [0.4, 0.5) is 0 Å². The van der Waals surface area contributed by atoms with E-state index in [4.69, 9.17) is 9.47 Å². The Labute approximate surface area is 116 Å². The van der Waals surface area contributed by atoms with Crippen LogP contribution in [0.3, 0.4) is 0 Å². The van der Waals surface area contributed by atoms with E-state index in [1.165, 1.54) is 11.1 Å². The monoisotopic (exact) mass is 266 g/mol. The Morgan fingerprint density at radius 2 is 1.74 bits per heavy atom. The van der Waals surface area contributed by atoms with E-state index in [0.29, 0.717) is 38.6 Å². The number of aliphatic hydroxyl groups is 1. The largest absolute Gasteiger partial charge is 0.393 e. The van der Waals surface area contributed by atoms with E-state index in [9.17, 15) is 5.11 Å². The molecule has 1 rings (SSSR count). The molecule has 1 aromatic rings. The summed E-state index contributed by atoms with van der Waals surface area (Å²) in [6.07, 6.45) is 1.01. The van der Waals surface area contributed by atoms with Crippen LogP contribution in [0.15, 0.2) is 24.3 Å². The van der Waals surface area contributed by atoms with Crippen molar-refractivity contribution < 1.29 is 14.6 Å². The number of methoxy groups -OCH3 is 1. The third-order valence-electron chi connectivity index (χ3n) is 3.14. The second-order valence-electron chi connectivity index (χ2n) is 5.15. The van der Waals surface area contributed by atoms with Crippen molar-refractivity contribution in [3.8, 4) is 0 Å². The van der Waals surface area contributed by atoms with Gasteiger partial charge in [0.15, 0.2) is 0 Å². The molecule has 0 spiro atoms. The van der Waals surface area contributed by atoms with Crippen molar-refractivity contribution in [3.63, 3.8) is 0 Å². The zero-order chi connectivity index (χ0) is 14.1. The average Bonchev–Trinajstić information content (AvgIpc) is 2.39. The van der Waals surface area contributed by atoms with Crippen LogP contribution in [-0.4, -0.2) is 38.1 Å². The molecule has 0 aliphatic rings. The van der Waals surface area contributed by atoms with Gasteiger partial charge in [-0.15, -0.1) is 0 Å². The van der Waals surface area contributed by atoms with Crippen LogP contribution in [0.2, 0.25) is 0 Å². The SMILES string of the molecule is COCCOCCC(O)Cc1ccc(C(C)C)cc1. The van der Waals surface area contributed by atoms with Gasteiger partial charge in [-0.3, -0.25) is 0 Å². The van der Waals surface area contributed by atoms with Crippen LogP contribution in [0, 0.1) is 0 Å². The molecular formula is C16H26O3. The Morgan fingerprint density at radius 1 is 1.05 bits per heavy atom. The lowest BCUT2D eigenvalue weighted by Gasteiger charge is -2.12. The van der Waals surface area contributed by atoms with Gasteiger partial charge in [-0.2, -0.15) is 0 Å². The third-order valence-corrected chi connectivity index (χ3v) is 3.14. The van der Waals surface area contributed by atoms with E-state index in [0.717, 1.165) is 0 Å². The Balaban J connectivity index is 2.26. The van der Waals surface area contributed by atoms with Gasteiger partial charge >= 0.3 is 0 Å². The van der Waals surface area contributed by atoms with E-state index in [1.54, 1.807) is 7.11 Å². The highest BCUT2D eigenvalue weighted by atomic mass is 16.5. The van der Waals surface area contributed by atoms with E-state index >= 15 is 0 Å². The minimum atomic E-state index is -0.340. The minimum Gasteiger partial charge on any atom is -0.393 e. The van der Waals surface area contributed by atoms with Gasteiger partial charge in [-0.1, -0.05) is 38.1 Å². The quantitative estimate of drug-likeness (QED) is 0.699. The van der Waals surface area contributed by atoms with Crippen molar-refractivity contribution in [2.75, 3.05) is 26.9 Å². The molecule has 0 aromatic heterocycles. The van der Waals surface area contributed by atoms with Gasteiger partial charge in [-0.25, -0.2) is 0 Å². The molecule has 0 fully saturated rings. The summed E-state index contributed by atoms with van der Waals surface area (Å²) in [7, 11) is 1.65. The summed E-state index contributed by atoms with van der Waals surface area (Å²) < 4.78 is 10.2. The molecule has 108 valence electrons. The fraction of sp³-hybridized carbons (Fsp3) is 0.625. The lowest BCUT2D eigenvalue weighted by Crippen LogP contribution is -2.14. The van der Waals surface area contributed by atoms with Crippen LogP contribution in [-0.2, 0) is 15.9 Å². The lowest BCUT2D eigenvalue weighted by atomic mass is 9.99. The number of aliphatic hydroxyl groups excluding tert-OH is 1. The first-order valence-corrected chi connectivity index (χ1v) is 6.97. The molecule has 0 amide bonds. The third kappa shape index (κ3) is 6.71. The van der Waals surface area contributed by atoms with Crippen molar-refractivity contribution in [2.24, 2.45) is 0 Å². The summed E-state index contributed by atoms with van der Waals surface area (Å²) in [5.74, 6) is 0.549. The van der Waals surface area contributed by atoms with Crippen LogP contribution in [0.25, 0.3) is 0 Å². The first-order valence-electron chi connectivity index (χ1n) is 6.97. The van der Waals surface area contributed by atoms with Gasteiger partial charge in [-0.05, 0) is 29.9 Å². The smallest absolute Gasteiger partial charge is 0.0700 e. The molecule has 0 heterocycles. The maximum Gasteiger partial charge on any atom is 0.0700 e. The second-order valence-corrected chi connectivity index (χ2v) is 5.15. The van der Waals surface area contributed by atoms with Gasteiger partial charge in [0.2, 0.25) is 0 Å². The molecule has 0 saturated heterocycles. The first kappa shape index (κ1) is 16.2. The van der Waals surface area contributed by atoms with Crippen LogP contribution in [0.5, 0.6) is 0 Å². The molecule has 1 N–H and O–H groups in total. The maximum atomic E-state index is 9.93. The van der Waals surface area contributed by atoms with Gasteiger partial charge in [0.1, 0.15) is 0 Å². The fourth-order valence-corrected chi connectivity index (χ4v) is 1.88. The summed E-state index contributed by atoms with van der Waals surface area (Å²) in [4.78, 5) is 0. The van der Waals surface area contributed by atoms with E-state index in [-0.39, 0.29) is 6.10 Å². The molecule has 3 heteroatoms. The van der Waals surface area contributed by atoms with Crippen molar-refractivity contribution in [1.82, 2.24) is 0 Å². The van der Waals surface area contributed by atoms with Crippen LogP contribution < -0.4 is 0 Å². The highest BCUT2D eigenvalue weighted by Gasteiger charge is 2.06. The molecular weight excluding hydrogens is 240 g/mol. The molecule has 0 bridgehead atoms. The molecule has 1 aromatic carbocycles. The number of hydrogen-bond donors (Lipinski definition) is 1. The normalized spacial score (nSPS) is 12.9. The van der Waals surface area contributed by atoms with Crippen LogP contribution >= 0.6 is 0 Å². The molecule has 1 unspecified atom stereocenters. The van der Waals surface area contributed by atoms with Crippen molar-refractivity contribution in [3.05, 3.63) is 35.4 Å². The topological polar surface area (TPSA) is 38.7 Å². The summed E-state index contributed by atoms with van der Waals surface area (Å²) in [5, 5.41) is 9.93. The number of ether oxygens (including phenoxy) is 2. The van der Waals surface area contributed by atoms with E-state index in [2.05, 4.69) is 38.1 Å². The predicted octanol–water partition coefficient (Wildman–Crippen LogP) is 2.77. The Hall–Kier alpha value is -0.900. The molecule has 0 aliphatic heterocycles. The number of hydrogen-bond acceptors (Lipinski definition) is 3. The van der Waals surface area contributed by atoms with E-state index < -0.39 is 0 Å². The van der Waals surface area contributed by atoms with E-state index in [1.807, 2.05) is 0 Å². The van der Waals surface area contributed by atoms with Crippen LogP contribution in [0.1, 0.15) is 37.3 Å². The summed E-state index contributed by atoms with van der Waals surface area (Å²) in [6, 6.07) is 8.48. The highest BCUT2D eigenvalue weighted by molar-refractivity contribution is 5.25. The molecule has 1 atom stereocenters. The zero-order valence-electron chi connectivity index (χ0n) is 12.3. The Kier molecular flexibility index (Phi) is 7.72. The summed E-state index contributed by atoms with van der Waals surface area (Å²) in [5.41, 5.74) is 2.51. The zero-order valence-corrected chi connectivity index (χ0v) is 12.3. The average molecular weight is 266 g/mol. The highest BCUT2D eigenvalue weighted by Crippen LogP contribution is 2.15. The van der Waals surface area contributed by atoms with Gasteiger partial charge in [0, 0.05) is 13.7 Å². The number of rotatable bonds is 9. The predicted molar refractivity (Wildman–Crippen MR) is 77.6 cm³/mol. The standard InChI is InChI=1S/C16H26O3/c1-13(2)15-6-4-14(5-7-15)12-16(17)8-9-19-11-10-18-3/h4-7,13,16-17H,8-12H2,1-3H3. The van der Waals surface area contributed by atoms with Gasteiger partial charge < -0.3 is 14.6 Å². The first-order chi connectivity index (χ1) is 9.13. The Bertz CT molecular complexity index is 332. The maximum absolute atomic E-state index is 9.93. The van der Waals surface area contributed by atoms with Crippen molar-refractivity contribution in [1.29, 1.82) is 0 Å². The molecule has 0 radical (unpaired) electrons. The molecule has 3 nitrogen and oxygen atoms in total. The van der Waals surface area contributed by atoms with Gasteiger partial charge in [0.25, 0.3) is 0 Å². The van der Waals surface area contributed by atoms with Crippen molar-refractivity contribution >= 4 is 0 Å². The second kappa shape index (κ2) is 9.08. The molecule has 0 aliphatic carbocycles. The molecule has 0 saturated carbocycles. The fourth-order valence-electron chi connectivity index (χ4n) is 1.88. The Morgan fingerprint density at radius 3 is 2.32 bits per heavy atom. The minimum absolute atomic E-state index is 0.340. The van der Waals surface area contributed by atoms with Gasteiger partial charge in [0.05, 0.1) is 19.3 Å². The van der Waals surface area contributed by atoms with Crippen molar-refractivity contribution in [2.45, 2.75) is 38.7 Å². The molecule has 19 heavy (non-hydrogen) atoms. The summed E-state index contributed by atoms with van der Waals surface area (Å²) >= 11 is 0. The lowest BCUT2D eigenvalue weighted by molar-refractivity contribution is 0.0479.